The molecule has 1 heterocycles. The Kier molecular flexibility index (Phi) is 1.77. The van der Waals surface area contributed by atoms with Crippen LogP contribution in [0, 0.1) is 0 Å². The van der Waals surface area contributed by atoms with E-state index in [9.17, 15) is 9.90 Å². The van der Waals surface area contributed by atoms with Gasteiger partial charge in [-0.05, 0) is 17.7 Å². The van der Waals surface area contributed by atoms with Gasteiger partial charge in [-0.1, -0.05) is 0 Å². The van der Waals surface area contributed by atoms with E-state index < -0.39 is 0 Å². The Morgan fingerprint density at radius 1 is 1.46 bits per heavy atom. The SMILES string of the molecule is O=CCc1c[nH]c2cc(O)ccc12. The summed E-state index contributed by atoms with van der Waals surface area (Å²) in [6.07, 6.45) is 3.07. The molecule has 0 spiro atoms. The van der Waals surface area contributed by atoms with Crippen molar-refractivity contribution in [2.75, 3.05) is 0 Å². The van der Waals surface area contributed by atoms with Gasteiger partial charge in [0.1, 0.15) is 12.0 Å². The van der Waals surface area contributed by atoms with Gasteiger partial charge >= 0.3 is 0 Å². The number of carbonyl (C=O) groups is 1. The molecule has 0 amide bonds. The number of nitrogens with one attached hydrogen (secondary N) is 1. The molecule has 0 aliphatic rings. The van der Waals surface area contributed by atoms with E-state index in [0.29, 0.717) is 6.42 Å². The maximum absolute atomic E-state index is 10.3. The molecule has 0 radical (unpaired) electrons. The number of benzene rings is 1. The first-order chi connectivity index (χ1) is 6.31. The summed E-state index contributed by atoms with van der Waals surface area (Å²) in [5, 5.41) is 10.2. The summed E-state index contributed by atoms with van der Waals surface area (Å²) in [5.41, 5.74) is 1.82. The smallest absolute Gasteiger partial charge is 0.124 e. The molecule has 13 heavy (non-hydrogen) atoms. The molecular formula is C10H9NO2. The molecule has 0 bridgehead atoms. The van der Waals surface area contributed by atoms with Gasteiger partial charge in [0, 0.05) is 29.6 Å². The fraction of sp³-hybridized carbons (Fsp3) is 0.100. The van der Waals surface area contributed by atoms with E-state index in [2.05, 4.69) is 4.98 Å². The Balaban J connectivity index is 2.61. The zero-order valence-corrected chi connectivity index (χ0v) is 6.95. The van der Waals surface area contributed by atoms with Gasteiger partial charge in [-0.25, -0.2) is 0 Å². The number of phenolic OH excluding ortho intramolecular Hbond substituents is 1. The monoisotopic (exact) mass is 175 g/mol. The lowest BCUT2D eigenvalue weighted by Gasteiger charge is -1.93. The molecule has 66 valence electrons. The van der Waals surface area contributed by atoms with Crippen molar-refractivity contribution >= 4 is 17.2 Å². The van der Waals surface area contributed by atoms with Crippen LogP contribution in [0.2, 0.25) is 0 Å². The lowest BCUT2D eigenvalue weighted by Crippen LogP contribution is -1.81. The highest BCUT2D eigenvalue weighted by atomic mass is 16.3. The Hall–Kier alpha value is -1.77. The molecule has 1 aromatic carbocycles. The van der Waals surface area contributed by atoms with E-state index in [0.717, 1.165) is 22.8 Å². The summed E-state index contributed by atoms with van der Waals surface area (Å²) < 4.78 is 0. The van der Waals surface area contributed by atoms with Crippen LogP contribution in [-0.4, -0.2) is 16.4 Å². The van der Waals surface area contributed by atoms with Crippen molar-refractivity contribution in [3.63, 3.8) is 0 Å². The lowest BCUT2D eigenvalue weighted by atomic mass is 10.1. The fourth-order valence-corrected chi connectivity index (χ4v) is 1.43. The average Bonchev–Trinajstić information content (AvgIpc) is 2.49. The number of H-pyrrole nitrogens is 1. The van der Waals surface area contributed by atoms with Gasteiger partial charge in [-0.2, -0.15) is 0 Å². The van der Waals surface area contributed by atoms with Crippen LogP contribution in [0.3, 0.4) is 0 Å². The minimum atomic E-state index is 0.229. The first kappa shape index (κ1) is 7.86. The first-order valence-corrected chi connectivity index (χ1v) is 4.04. The molecule has 2 rings (SSSR count). The number of phenols is 1. The third-order valence-electron chi connectivity index (χ3n) is 2.05. The highest BCUT2D eigenvalue weighted by Crippen LogP contribution is 2.22. The second-order valence-corrected chi connectivity index (χ2v) is 2.91. The predicted octanol–water partition coefficient (Wildman–Crippen LogP) is 1.61. The standard InChI is InChI=1S/C10H9NO2/c12-4-3-7-6-11-10-5-8(13)1-2-9(7)10/h1-2,4-6,11,13H,3H2. The summed E-state index contributed by atoms with van der Waals surface area (Å²) in [5.74, 6) is 0.229. The molecule has 2 N–H and O–H groups in total. The van der Waals surface area contributed by atoms with Crippen molar-refractivity contribution in [2.45, 2.75) is 6.42 Å². The van der Waals surface area contributed by atoms with Gasteiger partial charge in [0.2, 0.25) is 0 Å². The molecule has 1 aromatic heterocycles. The second-order valence-electron chi connectivity index (χ2n) is 2.91. The normalized spacial score (nSPS) is 10.5. The van der Waals surface area contributed by atoms with Crippen LogP contribution in [0.4, 0.5) is 0 Å². The number of aromatic amines is 1. The minimum absolute atomic E-state index is 0.229. The molecule has 0 aliphatic heterocycles. The molecule has 3 heteroatoms. The maximum Gasteiger partial charge on any atom is 0.124 e. The number of carbonyl (C=O) groups excluding carboxylic acids is 1. The van der Waals surface area contributed by atoms with Crippen molar-refractivity contribution in [1.82, 2.24) is 4.98 Å². The van der Waals surface area contributed by atoms with Crippen LogP contribution < -0.4 is 0 Å². The third-order valence-corrected chi connectivity index (χ3v) is 2.05. The number of fused-ring (bicyclic) bond motifs is 1. The van der Waals surface area contributed by atoms with Crippen molar-refractivity contribution in [1.29, 1.82) is 0 Å². The molecule has 0 aliphatic carbocycles. The van der Waals surface area contributed by atoms with Gasteiger partial charge < -0.3 is 14.9 Å². The Morgan fingerprint density at radius 3 is 3.08 bits per heavy atom. The zero-order chi connectivity index (χ0) is 9.26. The lowest BCUT2D eigenvalue weighted by molar-refractivity contribution is -0.107. The van der Waals surface area contributed by atoms with Crippen LogP contribution >= 0.6 is 0 Å². The number of hydrogen-bond acceptors (Lipinski definition) is 2. The summed E-state index contributed by atoms with van der Waals surface area (Å²) in [4.78, 5) is 13.3. The minimum Gasteiger partial charge on any atom is -0.508 e. The van der Waals surface area contributed by atoms with Gasteiger partial charge in [-0.3, -0.25) is 0 Å². The van der Waals surface area contributed by atoms with E-state index in [1.54, 1.807) is 24.4 Å². The van der Waals surface area contributed by atoms with Gasteiger partial charge in [0.25, 0.3) is 0 Å². The number of aldehydes is 1. The molecule has 0 atom stereocenters. The highest BCUT2D eigenvalue weighted by Gasteiger charge is 2.02. The Bertz CT molecular complexity index is 445. The number of rotatable bonds is 2. The van der Waals surface area contributed by atoms with Crippen molar-refractivity contribution in [3.8, 4) is 5.75 Å². The molecule has 0 saturated carbocycles. The first-order valence-electron chi connectivity index (χ1n) is 4.04. The van der Waals surface area contributed by atoms with Gasteiger partial charge in [0.15, 0.2) is 0 Å². The van der Waals surface area contributed by atoms with Crippen LogP contribution in [0.15, 0.2) is 24.4 Å². The maximum atomic E-state index is 10.3. The van der Waals surface area contributed by atoms with Crippen molar-refractivity contribution in [3.05, 3.63) is 30.0 Å². The van der Waals surface area contributed by atoms with Crippen molar-refractivity contribution in [2.24, 2.45) is 0 Å². The van der Waals surface area contributed by atoms with Crippen LogP contribution in [0.1, 0.15) is 5.56 Å². The van der Waals surface area contributed by atoms with Gasteiger partial charge in [-0.15, -0.1) is 0 Å². The topological polar surface area (TPSA) is 53.1 Å². The Labute approximate surface area is 75.0 Å². The number of hydrogen-bond donors (Lipinski definition) is 2. The van der Waals surface area contributed by atoms with E-state index in [4.69, 9.17) is 0 Å². The fourth-order valence-electron chi connectivity index (χ4n) is 1.43. The molecule has 0 saturated heterocycles. The molecule has 2 aromatic rings. The quantitative estimate of drug-likeness (QED) is 0.681. The average molecular weight is 175 g/mol. The highest BCUT2D eigenvalue weighted by molar-refractivity contribution is 5.86. The largest absolute Gasteiger partial charge is 0.508 e. The summed E-state index contributed by atoms with van der Waals surface area (Å²) in [6.45, 7) is 0. The van der Waals surface area contributed by atoms with E-state index >= 15 is 0 Å². The second kappa shape index (κ2) is 2.94. The summed E-state index contributed by atoms with van der Waals surface area (Å²) >= 11 is 0. The number of aromatic hydroxyl groups is 1. The molecular weight excluding hydrogens is 166 g/mol. The zero-order valence-electron chi connectivity index (χ0n) is 6.95. The molecule has 0 fully saturated rings. The van der Waals surface area contributed by atoms with E-state index in [1.165, 1.54) is 0 Å². The summed E-state index contributed by atoms with van der Waals surface area (Å²) in [6, 6.07) is 5.06. The van der Waals surface area contributed by atoms with Crippen LogP contribution in [-0.2, 0) is 11.2 Å². The molecule has 3 nitrogen and oxygen atoms in total. The molecule has 0 unspecified atom stereocenters. The van der Waals surface area contributed by atoms with Crippen LogP contribution in [0.25, 0.3) is 10.9 Å². The summed E-state index contributed by atoms with van der Waals surface area (Å²) in [7, 11) is 0. The Morgan fingerprint density at radius 2 is 2.31 bits per heavy atom. The third kappa shape index (κ3) is 1.28. The van der Waals surface area contributed by atoms with E-state index in [1.807, 2.05) is 0 Å². The number of aromatic nitrogens is 1. The van der Waals surface area contributed by atoms with Crippen LogP contribution in [0.5, 0.6) is 5.75 Å². The van der Waals surface area contributed by atoms with Crippen molar-refractivity contribution < 1.29 is 9.90 Å². The van der Waals surface area contributed by atoms with Gasteiger partial charge in [0.05, 0.1) is 0 Å². The van der Waals surface area contributed by atoms with E-state index in [-0.39, 0.29) is 5.75 Å². The predicted molar refractivity (Wildman–Crippen MR) is 49.7 cm³/mol.